The second-order valence-corrected chi connectivity index (χ2v) is 4.74. The number of para-hydroxylation sites is 1. The van der Waals surface area contributed by atoms with E-state index in [-0.39, 0.29) is 23.4 Å². The first kappa shape index (κ1) is 12.0. The second kappa shape index (κ2) is 4.24. The molecule has 3 rings (SSSR count). The summed E-state index contributed by atoms with van der Waals surface area (Å²) < 4.78 is 7.00. The molecule has 6 nitrogen and oxygen atoms in total. The summed E-state index contributed by atoms with van der Waals surface area (Å²) in [6.07, 6.45) is 0.612. The normalized spacial score (nSPS) is 23.0. The fourth-order valence-electron chi connectivity index (χ4n) is 2.73. The Hall–Kier alpha value is -2.08. The summed E-state index contributed by atoms with van der Waals surface area (Å²) in [5, 5.41) is 9.26. The van der Waals surface area contributed by atoms with E-state index in [2.05, 4.69) is 4.98 Å². The number of aromatic amines is 1. The van der Waals surface area contributed by atoms with Crippen LogP contribution >= 0.6 is 0 Å². The second-order valence-electron chi connectivity index (χ2n) is 4.74. The highest BCUT2D eigenvalue weighted by molar-refractivity contribution is 6.01. The van der Waals surface area contributed by atoms with Crippen molar-refractivity contribution in [3.63, 3.8) is 0 Å². The van der Waals surface area contributed by atoms with Crippen molar-refractivity contribution in [2.24, 2.45) is 0 Å². The maximum Gasteiger partial charge on any atom is 0.337 e. The van der Waals surface area contributed by atoms with Crippen LogP contribution in [0.4, 0.5) is 0 Å². The zero-order chi connectivity index (χ0) is 13.6. The van der Waals surface area contributed by atoms with Crippen LogP contribution in [0.3, 0.4) is 0 Å². The van der Waals surface area contributed by atoms with Gasteiger partial charge in [-0.25, -0.2) is 9.59 Å². The average Bonchev–Trinajstić information content (AvgIpc) is 2.90. The van der Waals surface area contributed by atoms with Gasteiger partial charge in [0.05, 0.1) is 28.7 Å². The molecular weight excluding hydrogens is 248 g/mol. The van der Waals surface area contributed by atoms with Crippen LogP contribution in [-0.2, 0) is 4.74 Å². The van der Waals surface area contributed by atoms with Crippen molar-refractivity contribution in [3.8, 4) is 0 Å². The van der Waals surface area contributed by atoms with Crippen molar-refractivity contribution in [1.29, 1.82) is 0 Å². The Kier molecular flexibility index (Phi) is 2.67. The van der Waals surface area contributed by atoms with E-state index in [0.29, 0.717) is 24.1 Å². The number of aromatic nitrogens is 2. The van der Waals surface area contributed by atoms with Crippen molar-refractivity contribution >= 4 is 17.0 Å². The molecule has 0 saturated carbocycles. The molecule has 0 bridgehead atoms. The Labute approximate surface area is 108 Å². The fraction of sp³-hybridized carbons (Fsp3) is 0.385. The van der Waals surface area contributed by atoms with E-state index in [1.54, 1.807) is 12.1 Å². The smallest absolute Gasteiger partial charge is 0.337 e. The lowest BCUT2D eigenvalue weighted by molar-refractivity contribution is 0.0698. The minimum absolute atomic E-state index is 0.0986. The van der Waals surface area contributed by atoms with E-state index in [9.17, 15) is 14.7 Å². The number of hydrogen-bond donors (Lipinski definition) is 2. The Balaban J connectivity index is 2.31. The van der Waals surface area contributed by atoms with Crippen LogP contribution in [-0.4, -0.2) is 33.3 Å². The molecule has 19 heavy (non-hydrogen) atoms. The van der Waals surface area contributed by atoms with Crippen molar-refractivity contribution < 1.29 is 14.6 Å². The van der Waals surface area contributed by atoms with Crippen LogP contribution in [0.25, 0.3) is 11.0 Å². The molecule has 6 heteroatoms. The summed E-state index contributed by atoms with van der Waals surface area (Å²) in [5.74, 6) is -1.04. The van der Waals surface area contributed by atoms with Gasteiger partial charge in [0.15, 0.2) is 0 Å². The maximum atomic E-state index is 12.1. The van der Waals surface area contributed by atoms with E-state index in [1.807, 2.05) is 6.92 Å². The lowest BCUT2D eigenvalue weighted by Crippen LogP contribution is -2.27. The SMILES string of the molecule is CC1OCCC1n1c(=O)[nH]c2cccc(C(=O)O)c21. The average molecular weight is 262 g/mol. The van der Waals surface area contributed by atoms with E-state index in [4.69, 9.17) is 4.74 Å². The highest BCUT2D eigenvalue weighted by atomic mass is 16.5. The van der Waals surface area contributed by atoms with Gasteiger partial charge in [-0.05, 0) is 25.5 Å². The first-order valence-electron chi connectivity index (χ1n) is 6.17. The van der Waals surface area contributed by atoms with Crippen molar-refractivity contribution in [1.82, 2.24) is 9.55 Å². The minimum Gasteiger partial charge on any atom is -0.478 e. The molecule has 2 unspecified atom stereocenters. The molecule has 0 aliphatic carbocycles. The summed E-state index contributed by atoms with van der Waals surface area (Å²) in [5.41, 5.74) is 0.840. The van der Waals surface area contributed by atoms with Gasteiger partial charge in [0, 0.05) is 6.61 Å². The number of nitrogens with one attached hydrogen (secondary N) is 1. The number of fused-ring (bicyclic) bond motifs is 1. The summed E-state index contributed by atoms with van der Waals surface area (Å²) in [7, 11) is 0. The van der Waals surface area contributed by atoms with E-state index in [1.165, 1.54) is 10.6 Å². The van der Waals surface area contributed by atoms with Gasteiger partial charge in [-0.1, -0.05) is 6.07 Å². The molecular formula is C13H14N2O4. The Morgan fingerprint density at radius 2 is 2.32 bits per heavy atom. The quantitative estimate of drug-likeness (QED) is 0.856. The molecule has 0 spiro atoms. The number of carbonyl (C=O) groups is 1. The van der Waals surface area contributed by atoms with E-state index in [0.717, 1.165) is 0 Å². The maximum absolute atomic E-state index is 12.1. The molecule has 100 valence electrons. The first-order chi connectivity index (χ1) is 9.09. The van der Waals surface area contributed by atoms with Crippen LogP contribution in [0, 0.1) is 0 Å². The van der Waals surface area contributed by atoms with Crippen LogP contribution < -0.4 is 5.69 Å². The van der Waals surface area contributed by atoms with Gasteiger partial charge in [-0.3, -0.25) is 4.57 Å². The van der Waals surface area contributed by atoms with E-state index < -0.39 is 5.97 Å². The van der Waals surface area contributed by atoms with Gasteiger partial charge in [-0.2, -0.15) is 0 Å². The summed E-state index contributed by atoms with van der Waals surface area (Å²) >= 11 is 0. The lowest BCUT2D eigenvalue weighted by atomic mass is 10.1. The third-order valence-electron chi connectivity index (χ3n) is 3.64. The zero-order valence-electron chi connectivity index (χ0n) is 10.4. The standard InChI is InChI=1S/C13H14N2O4/c1-7-10(5-6-19-7)15-11-8(12(16)17)3-2-4-9(11)14-13(15)18/h2-4,7,10H,5-6H2,1H3,(H,14,18)(H,16,17). The number of carboxylic acids is 1. The molecule has 1 aliphatic heterocycles. The predicted octanol–water partition coefficient (Wildman–Crippen LogP) is 1.38. The molecule has 1 aromatic carbocycles. The molecule has 0 amide bonds. The number of aromatic carboxylic acids is 1. The van der Waals surface area contributed by atoms with Gasteiger partial charge in [0.1, 0.15) is 0 Å². The van der Waals surface area contributed by atoms with Crippen molar-refractivity contribution in [2.75, 3.05) is 6.61 Å². The van der Waals surface area contributed by atoms with Gasteiger partial charge in [0.2, 0.25) is 0 Å². The molecule has 1 aliphatic rings. The summed E-state index contributed by atoms with van der Waals surface area (Å²) in [6.45, 7) is 2.48. The highest BCUT2D eigenvalue weighted by Gasteiger charge is 2.30. The third kappa shape index (κ3) is 1.76. The van der Waals surface area contributed by atoms with Gasteiger partial charge >= 0.3 is 11.7 Å². The van der Waals surface area contributed by atoms with Crippen molar-refractivity contribution in [3.05, 3.63) is 34.2 Å². The number of H-pyrrole nitrogens is 1. The fourth-order valence-corrected chi connectivity index (χ4v) is 2.73. The minimum atomic E-state index is -1.04. The Bertz CT molecular complexity index is 700. The molecule has 2 atom stereocenters. The summed E-state index contributed by atoms with van der Waals surface area (Å²) in [6, 6.07) is 4.72. The van der Waals surface area contributed by atoms with Crippen LogP contribution in [0.2, 0.25) is 0 Å². The highest BCUT2D eigenvalue weighted by Crippen LogP contribution is 2.28. The number of rotatable bonds is 2. The number of carboxylic acid groups (broad SMARTS) is 1. The molecule has 0 radical (unpaired) electrons. The molecule has 1 aromatic heterocycles. The molecule has 1 saturated heterocycles. The van der Waals surface area contributed by atoms with Gasteiger partial charge < -0.3 is 14.8 Å². The number of ether oxygens (including phenoxy) is 1. The summed E-state index contributed by atoms with van der Waals surface area (Å²) in [4.78, 5) is 26.1. The number of hydrogen-bond acceptors (Lipinski definition) is 3. The molecule has 2 heterocycles. The number of benzene rings is 1. The number of imidazole rings is 1. The third-order valence-corrected chi connectivity index (χ3v) is 3.64. The zero-order valence-corrected chi connectivity index (χ0v) is 10.4. The largest absolute Gasteiger partial charge is 0.478 e. The topological polar surface area (TPSA) is 84.3 Å². The Morgan fingerprint density at radius 3 is 2.95 bits per heavy atom. The van der Waals surface area contributed by atoms with Gasteiger partial charge in [-0.15, -0.1) is 0 Å². The lowest BCUT2D eigenvalue weighted by Gasteiger charge is -2.16. The first-order valence-corrected chi connectivity index (χ1v) is 6.17. The monoisotopic (exact) mass is 262 g/mol. The Morgan fingerprint density at radius 1 is 1.53 bits per heavy atom. The van der Waals surface area contributed by atoms with Crippen molar-refractivity contribution in [2.45, 2.75) is 25.5 Å². The van der Waals surface area contributed by atoms with E-state index >= 15 is 0 Å². The molecule has 2 N–H and O–H groups in total. The van der Waals surface area contributed by atoms with Gasteiger partial charge in [0.25, 0.3) is 0 Å². The molecule has 1 fully saturated rings. The van der Waals surface area contributed by atoms with Crippen LogP contribution in [0.5, 0.6) is 0 Å². The van der Waals surface area contributed by atoms with Crippen LogP contribution in [0.1, 0.15) is 29.7 Å². The molecule has 2 aromatic rings. The number of nitrogens with zero attached hydrogens (tertiary/aromatic N) is 1. The predicted molar refractivity (Wildman–Crippen MR) is 68.6 cm³/mol. The van der Waals surface area contributed by atoms with Crippen LogP contribution in [0.15, 0.2) is 23.0 Å².